The molecule has 0 spiro atoms. The van der Waals surface area contributed by atoms with E-state index in [9.17, 15) is 4.79 Å². The Kier molecular flexibility index (Phi) is 4.81. The summed E-state index contributed by atoms with van der Waals surface area (Å²) in [6.07, 6.45) is 3.19. The molecule has 2 aromatic carbocycles. The van der Waals surface area contributed by atoms with Gasteiger partial charge in [-0.15, -0.1) is 0 Å². The molecular formula is C20H21N3O. The molecule has 1 amide bonds. The number of fused-ring (bicyclic) bond motifs is 1. The van der Waals surface area contributed by atoms with Gasteiger partial charge in [0.2, 0.25) is 5.91 Å². The van der Waals surface area contributed by atoms with Crippen molar-refractivity contribution in [2.24, 2.45) is 0 Å². The number of aryl methyl sites for hydroxylation is 2. The number of nitrogens with zero attached hydrogens (tertiary/aromatic N) is 2. The van der Waals surface area contributed by atoms with Crippen molar-refractivity contribution in [3.63, 3.8) is 0 Å². The van der Waals surface area contributed by atoms with Crippen LogP contribution in [0.1, 0.15) is 29.5 Å². The van der Waals surface area contributed by atoms with E-state index in [-0.39, 0.29) is 5.91 Å². The molecule has 1 heterocycles. The Morgan fingerprint density at radius 2 is 2.04 bits per heavy atom. The van der Waals surface area contributed by atoms with E-state index < -0.39 is 0 Å². The van der Waals surface area contributed by atoms with Crippen molar-refractivity contribution in [1.29, 1.82) is 5.26 Å². The van der Waals surface area contributed by atoms with Crippen molar-refractivity contribution in [1.82, 2.24) is 0 Å². The third-order valence-corrected chi connectivity index (χ3v) is 4.50. The number of para-hydroxylation sites is 1. The second-order valence-electron chi connectivity index (χ2n) is 6.02. The number of amides is 1. The van der Waals surface area contributed by atoms with Gasteiger partial charge in [-0.25, -0.2) is 0 Å². The fourth-order valence-corrected chi connectivity index (χ4v) is 3.23. The van der Waals surface area contributed by atoms with Crippen LogP contribution in [0.3, 0.4) is 0 Å². The molecule has 0 radical (unpaired) electrons. The Balaban J connectivity index is 1.73. The highest BCUT2D eigenvalue weighted by Crippen LogP contribution is 2.34. The van der Waals surface area contributed by atoms with Crippen LogP contribution < -0.4 is 10.2 Å². The summed E-state index contributed by atoms with van der Waals surface area (Å²) in [5.41, 5.74) is 5.02. The highest BCUT2D eigenvalue weighted by molar-refractivity contribution is 5.98. The second kappa shape index (κ2) is 7.18. The maximum atomic E-state index is 12.8. The topological polar surface area (TPSA) is 56.1 Å². The van der Waals surface area contributed by atoms with Gasteiger partial charge in [0.1, 0.15) is 0 Å². The minimum atomic E-state index is 0.156. The predicted molar refractivity (Wildman–Crippen MR) is 96.1 cm³/mol. The summed E-state index contributed by atoms with van der Waals surface area (Å²) in [4.78, 5) is 14.7. The van der Waals surface area contributed by atoms with Crippen LogP contribution in [0.4, 0.5) is 11.4 Å². The molecule has 24 heavy (non-hydrogen) atoms. The lowest BCUT2D eigenvalue weighted by Crippen LogP contribution is -2.36. The molecule has 0 aliphatic carbocycles. The standard InChI is InChI=1S/C20H21N3O/c1-22-18-6-2-4-17-5-3-13-23(20(17)18)19(24)12-11-15-7-9-16(14-21)10-8-15/h2,4,6-10,22H,3,5,11-13H2,1H3. The van der Waals surface area contributed by atoms with Crippen LogP contribution in [0, 0.1) is 11.3 Å². The average Bonchev–Trinajstić information content (AvgIpc) is 2.65. The van der Waals surface area contributed by atoms with Gasteiger partial charge < -0.3 is 10.2 Å². The van der Waals surface area contributed by atoms with E-state index in [2.05, 4.69) is 17.5 Å². The molecule has 122 valence electrons. The lowest BCUT2D eigenvalue weighted by Gasteiger charge is -2.31. The van der Waals surface area contributed by atoms with E-state index in [1.54, 1.807) is 12.1 Å². The van der Waals surface area contributed by atoms with Crippen molar-refractivity contribution < 1.29 is 4.79 Å². The predicted octanol–water partition coefficient (Wildman–Crippen LogP) is 3.51. The first-order chi connectivity index (χ1) is 11.7. The molecule has 0 unspecified atom stereocenters. The summed E-state index contributed by atoms with van der Waals surface area (Å²) < 4.78 is 0. The van der Waals surface area contributed by atoms with Crippen LogP contribution in [0.15, 0.2) is 42.5 Å². The molecule has 0 saturated heterocycles. The van der Waals surface area contributed by atoms with E-state index in [0.29, 0.717) is 18.4 Å². The lowest BCUT2D eigenvalue weighted by atomic mass is 9.99. The Bertz CT molecular complexity index is 760. The molecule has 0 aromatic heterocycles. The van der Waals surface area contributed by atoms with E-state index in [1.807, 2.05) is 36.2 Å². The van der Waals surface area contributed by atoms with Crippen molar-refractivity contribution in [3.05, 3.63) is 59.2 Å². The summed E-state index contributed by atoms with van der Waals surface area (Å²) in [7, 11) is 1.89. The fourth-order valence-electron chi connectivity index (χ4n) is 3.23. The smallest absolute Gasteiger partial charge is 0.227 e. The van der Waals surface area contributed by atoms with Crippen molar-refractivity contribution in [2.75, 3.05) is 23.8 Å². The van der Waals surface area contributed by atoms with Gasteiger partial charge in [-0.05, 0) is 48.6 Å². The first kappa shape index (κ1) is 16.1. The monoisotopic (exact) mass is 319 g/mol. The number of benzene rings is 2. The Labute approximate surface area is 142 Å². The van der Waals surface area contributed by atoms with Crippen molar-refractivity contribution >= 4 is 17.3 Å². The summed E-state index contributed by atoms with van der Waals surface area (Å²) in [5, 5.41) is 12.0. The molecule has 0 fully saturated rings. The maximum absolute atomic E-state index is 12.8. The van der Waals surface area contributed by atoms with Crippen LogP contribution in [0.2, 0.25) is 0 Å². The molecular weight excluding hydrogens is 298 g/mol. The summed E-state index contributed by atoms with van der Waals surface area (Å²) in [6, 6.07) is 15.7. The van der Waals surface area contributed by atoms with E-state index >= 15 is 0 Å². The second-order valence-corrected chi connectivity index (χ2v) is 6.02. The highest BCUT2D eigenvalue weighted by atomic mass is 16.2. The van der Waals surface area contributed by atoms with Gasteiger partial charge in [0.15, 0.2) is 0 Å². The van der Waals surface area contributed by atoms with Gasteiger partial charge in [-0.2, -0.15) is 5.26 Å². The minimum absolute atomic E-state index is 0.156. The maximum Gasteiger partial charge on any atom is 0.227 e. The third kappa shape index (κ3) is 3.26. The number of carbonyl (C=O) groups is 1. The number of carbonyl (C=O) groups excluding carboxylic acids is 1. The average molecular weight is 319 g/mol. The molecule has 4 heteroatoms. The summed E-state index contributed by atoms with van der Waals surface area (Å²) >= 11 is 0. The van der Waals surface area contributed by atoms with Crippen LogP contribution in [-0.4, -0.2) is 19.5 Å². The van der Waals surface area contributed by atoms with Crippen LogP contribution >= 0.6 is 0 Å². The van der Waals surface area contributed by atoms with Gasteiger partial charge in [-0.1, -0.05) is 24.3 Å². The molecule has 1 aliphatic heterocycles. The Morgan fingerprint density at radius 1 is 1.25 bits per heavy atom. The SMILES string of the molecule is CNc1cccc2c1N(C(=O)CCc1ccc(C#N)cc1)CCC2. The molecule has 3 rings (SSSR count). The summed E-state index contributed by atoms with van der Waals surface area (Å²) in [5.74, 6) is 0.156. The van der Waals surface area contributed by atoms with E-state index in [1.165, 1.54) is 5.56 Å². The molecule has 1 N–H and O–H groups in total. The van der Waals surface area contributed by atoms with Gasteiger partial charge in [0.25, 0.3) is 0 Å². The minimum Gasteiger partial charge on any atom is -0.386 e. The van der Waals surface area contributed by atoms with Crippen LogP contribution in [0.5, 0.6) is 0 Å². The van der Waals surface area contributed by atoms with Crippen molar-refractivity contribution in [3.8, 4) is 6.07 Å². The largest absolute Gasteiger partial charge is 0.386 e. The fraction of sp³-hybridized carbons (Fsp3) is 0.300. The number of rotatable bonds is 4. The van der Waals surface area contributed by atoms with Crippen LogP contribution in [-0.2, 0) is 17.6 Å². The lowest BCUT2D eigenvalue weighted by molar-refractivity contribution is -0.118. The Hall–Kier alpha value is -2.80. The van der Waals surface area contributed by atoms with Crippen LogP contribution in [0.25, 0.3) is 0 Å². The highest BCUT2D eigenvalue weighted by Gasteiger charge is 2.24. The van der Waals surface area contributed by atoms with Gasteiger partial charge in [-0.3, -0.25) is 4.79 Å². The normalized spacial score (nSPS) is 13.1. The number of hydrogen-bond acceptors (Lipinski definition) is 3. The number of nitrogens with one attached hydrogen (secondary N) is 1. The zero-order chi connectivity index (χ0) is 16.9. The Morgan fingerprint density at radius 3 is 2.75 bits per heavy atom. The molecule has 1 aliphatic rings. The molecule has 2 aromatic rings. The quantitative estimate of drug-likeness (QED) is 0.938. The molecule has 4 nitrogen and oxygen atoms in total. The zero-order valence-electron chi connectivity index (χ0n) is 13.9. The number of nitriles is 1. The molecule has 0 atom stereocenters. The number of hydrogen-bond donors (Lipinski definition) is 1. The third-order valence-electron chi connectivity index (χ3n) is 4.50. The van der Waals surface area contributed by atoms with Gasteiger partial charge in [0, 0.05) is 20.0 Å². The zero-order valence-corrected chi connectivity index (χ0v) is 13.9. The van der Waals surface area contributed by atoms with E-state index in [4.69, 9.17) is 5.26 Å². The molecule has 0 saturated carbocycles. The van der Waals surface area contributed by atoms with E-state index in [0.717, 1.165) is 36.3 Å². The van der Waals surface area contributed by atoms with Gasteiger partial charge in [0.05, 0.1) is 23.0 Å². The number of anilines is 2. The summed E-state index contributed by atoms with van der Waals surface area (Å²) in [6.45, 7) is 0.776. The van der Waals surface area contributed by atoms with Gasteiger partial charge >= 0.3 is 0 Å². The molecule has 0 bridgehead atoms. The first-order valence-corrected chi connectivity index (χ1v) is 8.32. The van der Waals surface area contributed by atoms with Crippen molar-refractivity contribution in [2.45, 2.75) is 25.7 Å². The first-order valence-electron chi connectivity index (χ1n) is 8.32.